The van der Waals surface area contributed by atoms with Crippen LogP contribution in [-0.4, -0.2) is 95.1 Å². The number of anilines is 1. The lowest BCUT2D eigenvalue weighted by atomic mass is 10.0. The van der Waals surface area contributed by atoms with Crippen LogP contribution in [0.5, 0.6) is 0 Å². The molecule has 1 aromatic carbocycles. The Morgan fingerprint density at radius 3 is 1.93 bits per heavy atom. The van der Waals surface area contributed by atoms with E-state index in [1.54, 1.807) is 18.0 Å². The standard InChI is InChI=1S/C14H28N2OS.C12H27N3.C7H8ClN.C4H10.C3H8.C2H4O.C2H6.CH2O/c1-4-7-14(8-5-6-10-17)16-18-11-9-13(2)12-15-3;1-3-5-12(6-4-7-13-2)15-10-8-14-9-11-15;1-5-2-3-7(9)6(8)4-5;1-3-4-2;1-3-2;1-2-3;2*1-2/h9,11,14-17H,2,4-8,10,12H2,1,3H3;12-14H,3-11H2,1-2H3;2-4H,9H2,1H3;3-4H2,1-2H3;3H2,1-2H3;2H,1H3;1-2H3;1H2/b11-9-;;;;;;;. The highest BCUT2D eigenvalue weighted by atomic mass is 35.5. The van der Waals surface area contributed by atoms with Crippen molar-refractivity contribution in [1.82, 2.24) is 25.6 Å². The highest BCUT2D eigenvalue weighted by Crippen LogP contribution is 2.18. The van der Waals surface area contributed by atoms with Gasteiger partial charge in [0.2, 0.25) is 0 Å². The zero-order chi connectivity index (χ0) is 44.3. The number of benzene rings is 1. The van der Waals surface area contributed by atoms with Crippen LogP contribution >= 0.6 is 23.5 Å². The number of nitrogens with zero attached hydrogens (tertiary/aromatic N) is 1. The molecule has 0 amide bonds. The summed E-state index contributed by atoms with van der Waals surface area (Å²) in [5.41, 5.74) is 8.31. The normalized spacial score (nSPS) is 12.5. The Balaban J connectivity index is -0.000000147. The van der Waals surface area contributed by atoms with Crippen LogP contribution in [0.4, 0.5) is 5.69 Å². The van der Waals surface area contributed by atoms with Crippen molar-refractivity contribution >= 4 is 42.3 Å². The number of carbonyl (C=O) groups excluding carboxylic acids is 2. The summed E-state index contributed by atoms with van der Waals surface area (Å²) >= 11 is 7.32. The van der Waals surface area contributed by atoms with Crippen LogP contribution in [0.25, 0.3) is 0 Å². The first-order chi connectivity index (χ1) is 27.1. The number of hydrogen-bond donors (Lipinski definition) is 6. The van der Waals surface area contributed by atoms with Crippen molar-refractivity contribution < 1.29 is 14.7 Å². The van der Waals surface area contributed by atoms with Crippen molar-refractivity contribution in [2.45, 2.75) is 158 Å². The molecule has 7 N–H and O–H groups in total. The molecule has 2 rings (SSSR count). The smallest absolute Gasteiger partial charge is 0.116 e. The number of nitrogens with two attached hydrogens (primary N) is 1. The van der Waals surface area contributed by atoms with E-state index in [0.29, 0.717) is 23.4 Å². The molecule has 1 heterocycles. The molecule has 1 saturated heterocycles. The monoisotopic (exact) mass is 833 g/mol. The van der Waals surface area contributed by atoms with Crippen LogP contribution in [0.1, 0.15) is 145 Å². The van der Waals surface area contributed by atoms with E-state index in [4.69, 9.17) is 32.0 Å². The van der Waals surface area contributed by atoms with E-state index >= 15 is 0 Å². The largest absolute Gasteiger partial charge is 0.398 e. The first-order valence-corrected chi connectivity index (χ1v) is 22.6. The summed E-state index contributed by atoms with van der Waals surface area (Å²) in [5, 5.41) is 21.2. The Kier molecular flexibility index (Phi) is 70.7. The van der Waals surface area contributed by atoms with Gasteiger partial charge < -0.3 is 36.4 Å². The van der Waals surface area contributed by atoms with Crippen LogP contribution in [0, 0.1) is 6.92 Å². The molecule has 0 saturated carbocycles. The Bertz CT molecular complexity index is 922. The van der Waals surface area contributed by atoms with Gasteiger partial charge in [-0.15, -0.1) is 0 Å². The molecule has 56 heavy (non-hydrogen) atoms. The second kappa shape index (κ2) is 59.9. The maximum Gasteiger partial charge on any atom is 0.116 e. The lowest BCUT2D eigenvalue weighted by molar-refractivity contribution is -0.106. The van der Waals surface area contributed by atoms with Gasteiger partial charge in [0.1, 0.15) is 13.1 Å². The summed E-state index contributed by atoms with van der Waals surface area (Å²) in [4.78, 5) is 19.5. The topological polar surface area (TPSA) is 132 Å². The molecule has 0 radical (unpaired) electrons. The van der Waals surface area contributed by atoms with Gasteiger partial charge in [0.25, 0.3) is 0 Å². The Morgan fingerprint density at radius 1 is 0.946 bits per heavy atom. The van der Waals surface area contributed by atoms with Crippen LogP contribution in [0.3, 0.4) is 0 Å². The van der Waals surface area contributed by atoms with Gasteiger partial charge in [-0.2, -0.15) is 0 Å². The number of rotatable bonds is 20. The number of unbranched alkanes of at least 4 members (excludes halogenated alkanes) is 2. The lowest BCUT2D eigenvalue weighted by Crippen LogP contribution is -2.48. The number of aliphatic hydroxyl groups excluding tert-OH is 1. The fourth-order valence-electron chi connectivity index (χ4n) is 4.70. The average molecular weight is 834 g/mol. The van der Waals surface area contributed by atoms with Crippen molar-refractivity contribution in [2.75, 3.05) is 65.7 Å². The summed E-state index contributed by atoms with van der Waals surface area (Å²) < 4.78 is 3.46. The van der Waals surface area contributed by atoms with Gasteiger partial charge in [0.05, 0.1) is 10.7 Å². The number of likely N-dealkylation sites (N-methyl/N-ethyl adjacent to an activating group) is 1. The molecule has 9 nitrogen and oxygen atoms in total. The minimum Gasteiger partial charge on any atom is -0.398 e. The third kappa shape index (κ3) is 54.3. The molecular weight excluding hydrogens is 740 g/mol. The average Bonchev–Trinajstić information content (AvgIpc) is 3.21. The number of carbonyl (C=O) groups is 2. The second-order valence-electron chi connectivity index (χ2n) is 12.9. The van der Waals surface area contributed by atoms with Gasteiger partial charge in [-0.05, 0) is 108 Å². The van der Waals surface area contributed by atoms with Crippen molar-refractivity contribution in [1.29, 1.82) is 0 Å². The summed E-state index contributed by atoms with van der Waals surface area (Å²) in [6.45, 7) is 33.6. The molecule has 1 aliphatic heterocycles. The van der Waals surface area contributed by atoms with Crippen molar-refractivity contribution in [2.24, 2.45) is 0 Å². The van der Waals surface area contributed by atoms with Gasteiger partial charge in [-0.1, -0.05) is 130 Å². The van der Waals surface area contributed by atoms with E-state index in [0.717, 1.165) is 55.8 Å². The van der Waals surface area contributed by atoms with E-state index in [1.165, 1.54) is 90.9 Å². The molecule has 11 heteroatoms. The van der Waals surface area contributed by atoms with Gasteiger partial charge in [-0.3, -0.25) is 9.62 Å². The van der Waals surface area contributed by atoms with E-state index < -0.39 is 0 Å². The molecule has 1 aliphatic rings. The van der Waals surface area contributed by atoms with Gasteiger partial charge >= 0.3 is 0 Å². The first-order valence-electron chi connectivity index (χ1n) is 21.4. The number of nitrogen functional groups attached to an aromatic ring is 1. The van der Waals surface area contributed by atoms with Crippen molar-refractivity contribution in [3.8, 4) is 0 Å². The second-order valence-corrected chi connectivity index (χ2v) is 14.0. The SMILES string of the molecule is C=C(/C=C\SNC(CCC)CCCCO)CNC.C=O.CC.CC=O.CCC.CCCC.CCCC(CCCNC)N1CCNCC1.Cc1ccc(N)c(Cl)c1. The lowest BCUT2D eigenvalue weighted by Gasteiger charge is -2.35. The number of nitrogens with one attached hydrogen (secondary N) is 4. The highest BCUT2D eigenvalue weighted by molar-refractivity contribution is 8.00. The Morgan fingerprint density at radius 2 is 1.50 bits per heavy atom. The van der Waals surface area contributed by atoms with E-state index in [2.05, 4.69) is 73.7 Å². The molecule has 0 bridgehead atoms. The van der Waals surface area contributed by atoms with E-state index in [1.807, 2.05) is 65.3 Å². The third-order valence-corrected chi connectivity index (χ3v) is 8.59. The van der Waals surface area contributed by atoms with Gasteiger partial charge in [0.15, 0.2) is 0 Å². The fraction of sp³-hybridized carbons (Fsp3) is 0.733. The van der Waals surface area contributed by atoms with Crippen LogP contribution in [0.2, 0.25) is 5.02 Å². The summed E-state index contributed by atoms with van der Waals surface area (Å²) in [6, 6.07) is 6.94. The number of aryl methyl sites for hydroxylation is 1. The first kappa shape index (κ1) is 66.1. The third-order valence-electron chi connectivity index (χ3n) is 7.52. The number of piperazine rings is 1. The predicted octanol–water partition coefficient (Wildman–Crippen LogP) is 10.4. The van der Waals surface area contributed by atoms with E-state index in [-0.39, 0.29) is 0 Å². The summed E-state index contributed by atoms with van der Waals surface area (Å²) in [5.74, 6) is 0. The molecule has 0 spiro atoms. The molecule has 0 aromatic heterocycles. The summed E-state index contributed by atoms with van der Waals surface area (Å²) in [7, 11) is 3.96. The molecule has 0 aliphatic carbocycles. The molecule has 334 valence electrons. The highest BCUT2D eigenvalue weighted by Gasteiger charge is 2.18. The van der Waals surface area contributed by atoms with E-state index in [9.17, 15) is 0 Å². The zero-order valence-electron chi connectivity index (χ0n) is 38.5. The number of aliphatic hydroxyl groups is 1. The van der Waals surface area contributed by atoms with Crippen molar-refractivity contribution in [3.63, 3.8) is 0 Å². The summed E-state index contributed by atoms with van der Waals surface area (Å²) in [6.07, 6.45) is 17.5. The minimum absolute atomic E-state index is 0.301. The molecule has 1 aromatic rings. The Labute approximate surface area is 357 Å². The van der Waals surface area contributed by atoms with Crippen LogP contribution in [0.15, 0.2) is 41.8 Å². The van der Waals surface area contributed by atoms with Crippen molar-refractivity contribution in [3.05, 3.63) is 52.4 Å². The number of aldehydes is 1. The van der Waals surface area contributed by atoms with Crippen LogP contribution in [-0.2, 0) is 9.59 Å². The molecular formula is C45H93ClN6O3S. The van der Waals surface area contributed by atoms with Gasteiger partial charge in [-0.25, -0.2) is 0 Å². The molecule has 2 atom stereocenters. The maximum atomic E-state index is 8.81. The van der Waals surface area contributed by atoms with Crippen LogP contribution < -0.4 is 26.4 Å². The fourth-order valence-corrected chi connectivity index (χ4v) is 5.70. The minimum atomic E-state index is 0.301. The maximum absolute atomic E-state index is 8.81. The molecule has 2 unspecified atom stereocenters. The molecule has 1 fully saturated rings. The Hall–Kier alpha value is -1.76. The predicted molar refractivity (Wildman–Crippen MR) is 256 cm³/mol. The number of hydrogen-bond acceptors (Lipinski definition) is 10. The van der Waals surface area contributed by atoms with Gasteiger partial charge in [0, 0.05) is 51.4 Å². The number of halogens is 1. The quantitative estimate of drug-likeness (QED) is 0.0248. The zero-order valence-corrected chi connectivity index (χ0v) is 40.1.